The van der Waals surface area contributed by atoms with E-state index in [1.165, 1.54) is 4.90 Å². The molecular weight excluding hydrogens is 272 g/mol. The number of urea groups is 1. The highest BCUT2D eigenvalue weighted by Gasteiger charge is 2.29. The first-order valence-electron chi connectivity index (χ1n) is 6.97. The van der Waals surface area contributed by atoms with E-state index < -0.39 is 11.9 Å². The lowest BCUT2D eigenvalue weighted by atomic mass is 10.2. The zero-order chi connectivity index (χ0) is 15.6. The number of hydrogen-bond donors (Lipinski definition) is 2. The van der Waals surface area contributed by atoms with Crippen LogP contribution in [0.1, 0.15) is 37.2 Å². The molecule has 0 saturated heterocycles. The van der Waals surface area contributed by atoms with Crippen molar-refractivity contribution in [3.63, 3.8) is 0 Å². The topological polar surface area (TPSA) is 95.4 Å². The summed E-state index contributed by atoms with van der Waals surface area (Å²) in [7, 11) is 1.57. The van der Waals surface area contributed by atoms with Gasteiger partial charge in [-0.1, -0.05) is 6.92 Å². The molecule has 1 aromatic heterocycles. The molecule has 1 heterocycles. The number of aliphatic carboxylic acids is 1. The Kier molecular flexibility index (Phi) is 4.40. The van der Waals surface area contributed by atoms with Gasteiger partial charge in [-0.2, -0.15) is 0 Å². The highest BCUT2D eigenvalue weighted by molar-refractivity contribution is 5.90. The molecule has 1 aromatic rings. The van der Waals surface area contributed by atoms with Crippen molar-refractivity contribution < 1.29 is 14.7 Å². The van der Waals surface area contributed by atoms with E-state index in [4.69, 9.17) is 5.11 Å². The normalized spacial score (nSPS) is 15.4. The zero-order valence-corrected chi connectivity index (χ0v) is 12.5. The van der Waals surface area contributed by atoms with Crippen molar-refractivity contribution >= 4 is 17.7 Å². The van der Waals surface area contributed by atoms with Crippen LogP contribution in [0.5, 0.6) is 0 Å². The van der Waals surface area contributed by atoms with Gasteiger partial charge in [0.2, 0.25) is 0 Å². The Morgan fingerprint density at radius 1 is 1.52 bits per heavy atom. The molecule has 21 heavy (non-hydrogen) atoms. The molecule has 0 bridgehead atoms. The van der Waals surface area contributed by atoms with Crippen LogP contribution in [0.3, 0.4) is 0 Å². The number of hydrogen-bond acceptors (Lipinski definition) is 4. The fourth-order valence-electron chi connectivity index (χ4n) is 2.03. The van der Waals surface area contributed by atoms with Gasteiger partial charge in [-0.3, -0.25) is 4.79 Å². The number of amides is 2. The van der Waals surface area contributed by atoms with E-state index >= 15 is 0 Å². The van der Waals surface area contributed by atoms with Gasteiger partial charge in [0, 0.05) is 19.5 Å². The summed E-state index contributed by atoms with van der Waals surface area (Å²) < 4.78 is 0. The van der Waals surface area contributed by atoms with Gasteiger partial charge in [-0.05, 0) is 19.8 Å². The number of nitrogens with zero attached hydrogens (tertiary/aromatic N) is 3. The van der Waals surface area contributed by atoms with Crippen molar-refractivity contribution in [1.82, 2.24) is 14.9 Å². The molecule has 1 atom stereocenters. The molecule has 7 heteroatoms. The summed E-state index contributed by atoms with van der Waals surface area (Å²) in [5, 5.41) is 11.7. The molecule has 0 aromatic carbocycles. The van der Waals surface area contributed by atoms with E-state index in [1.807, 2.05) is 6.92 Å². The number of aromatic nitrogens is 2. The maximum absolute atomic E-state index is 12.1. The van der Waals surface area contributed by atoms with Crippen LogP contribution in [0.2, 0.25) is 0 Å². The van der Waals surface area contributed by atoms with Gasteiger partial charge in [0.15, 0.2) is 0 Å². The zero-order valence-electron chi connectivity index (χ0n) is 12.5. The standard InChI is InChI=1S/C14H20N4O3/c1-8(13(19)20)7-18(3)14(21)17-11-6-15-9(2)16-12(11)10-4-5-10/h6,8,10H,4-5,7H2,1-3H3,(H,17,21)(H,19,20). The van der Waals surface area contributed by atoms with Gasteiger partial charge in [0.1, 0.15) is 5.82 Å². The minimum absolute atomic E-state index is 0.145. The molecular formula is C14H20N4O3. The second kappa shape index (κ2) is 6.07. The SMILES string of the molecule is Cc1ncc(NC(=O)N(C)CC(C)C(=O)O)c(C2CC2)n1. The number of carbonyl (C=O) groups excluding carboxylic acids is 1. The predicted octanol–water partition coefficient (Wildman–Crippen LogP) is 1.85. The fraction of sp³-hybridized carbons (Fsp3) is 0.571. The smallest absolute Gasteiger partial charge is 0.321 e. The molecule has 0 aliphatic heterocycles. The second-order valence-electron chi connectivity index (χ2n) is 5.54. The highest BCUT2D eigenvalue weighted by Crippen LogP contribution is 2.42. The molecule has 7 nitrogen and oxygen atoms in total. The van der Waals surface area contributed by atoms with Crippen LogP contribution in [0.25, 0.3) is 0 Å². The number of anilines is 1. The van der Waals surface area contributed by atoms with Gasteiger partial charge >= 0.3 is 12.0 Å². The number of carboxylic acids is 1. The van der Waals surface area contributed by atoms with E-state index in [-0.39, 0.29) is 12.6 Å². The first-order chi connectivity index (χ1) is 9.88. The molecule has 1 saturated carbocycles. The van der Waals surface area contributed by atoms with E-state index in [1.54, 1.807) is 20.2 Å². The molecule has 2 rings (SSSR count). The lowest BCUT2D eigenvalue weighted by Gasteiger charge is -2.20. The third kappa shape index (κ3) is 3.90. The highest BCUT2D eigenvalue weighted by atomic mass is 16.4. The fourth-order valence-corrected chi connectivity index (χ4v) is 2.03. The Hall–Kier alpha value is -2.18. The van der Waals surface area contributed by atoms with Crippen molar-refractivity contribution in [3.05, 3.63) is 17.7 Å². The van der Waals surface area contributed by atoms with E-state index in [0.29, 0.717) is 17.4 Å². The van der Waals surface area contributed by atoms with Gasteiger partial charge in [0.25, 0.3) is 0 Å². The lowest BCUT2D eigenvalue weighted by Crippen LogP contribution is -2.36. The molecule has 1 aliphatic rings. The van der Waals surface area contributed by atoms with Crippen LogP contribution in [0.4, 0.5) is 10.5 Å². The molecule has 1 aliphatic carbocycles. The molecule has 2 N–H and O–H groups in total. The average molecular weight is 292 g/mol. The summed E-state index contributed by atoms with van der Waals surface area (Å²) in [6.45, 7) is 3.53. The summed E-state index contributed by atoms with van der Waals surface area (Å²) in [5.41, 5.74) is 1.48. The first kappa shape index (κ1) is 15.2. The van der Waals surface area contributed by atoms with Crippen molar-refractivity contribution in [1.29, 1.82) is 0 Å². The van der Waals surface area contributed by atoms with E-state index in [2.05, 4.69) is 15.3 Å². The van der Waals surface area contributed by atoms with Gasteiger partial charge < -0.3 is 15.3 Å². The van der Waals surface area contributed by atoms with E-state index in [0.717, 1.165) is 18.5 Å². The van der Waals surface area contributed by atoms with Crippen molar-refractivity contribution in [2.75, 3.05) is 18.9 Å². The van der Waals surface area contributed by atoms with Crippen LogP contribution >= 0.6 is 0 Å². The number of rotatable bonds is 5. The van der Waals surface area contributed by atoms with Crippen molar-refractivity contribution in [2.45, 2.75) is 32.6 Å². The monoisotopic (exact) mass is 292 g/mol. The molecule has 0 spiro atoms. The van der Waals surface area contributed by atoms with Crippen LogP contribution in [0.15, 0.2) is 6.20 Å². The number of nitrogens with one attached hydrogen (secondary N) is 1. The summed E-state index contributed by atoms with van der Waals surface area (Å²) in [6, 6.07) is -0.350. The second-order valence-corrected chi connectivity index (χ2v) is 5.54. The van der Waals surface area contributed by atoms with Crippen LogP contribution in [0, 0.1) is 12.8 Å². The van der Waals surface area contributed by atoms with Crippen LogP contribution in [-0.2, 0) is 4.79 Å². The maximum atomic E-state index is 12.1. The predicted molar refractivity (Wildman–Crippen MR) is 77.2 cm³/mol. The molecule has 1 unspecified atom stereocenters. The Morgan fingerprint density at radius 2 is 2.19 bits per heavy atom. The third-order valence-electron chi connectivity index (χ3n) is 3.46. The lowest BCUT2D eigenvalue weighted by molar-refractivity contribution is -0.141. The summed E-state index contributed by atoms with van der Waals surface area (Å²) in [4.78, 5) is 32.8. The molecule has 0 radical (unpaired) electrons. The summed E-state index contributed by atoms with van der Waals surface area (Å²) >= 11 is 0. The average Bonchev–Trinajstić information content (AvgIpc) is 3.24. The summed E-state index contributed by atoms with van der Waals surface area (Å²) in [5.74, 6) is -0.460. The van der Waals surface area contributed by atoms with Crippen molar-refractivity contribution in [3.8, 4) is 0 Å². The molecule has 1 fully saturated rings. The Morgan fingerprint density at radius 3 is 2.76 bits per heavy atom. The van der Waals surface area contributed by atoms with Gasteiger partial charge in [-0.15, -0.1) is 0 Å². The van der Waals surface area contributed by atoms with Gasteiger partial charge in [0.05, 0.1) is 23.5 Å². The maximum Gasteiger partial charge on any atom is 0.321 e. The molecule has 114 valence electrons. The largest absolute Gasteiger partial charge is 0.481 e. The molecule has 2 amide bonds. The van der Waals surface area contributed by atoms with Crippen LogP contribution in [-0.4, -0.2) is 45.6 Å². The number of aryl methyl sites for hydroxylation is 1. The number of carboxylic acid groups (broad SMARTS) is 1. The first-order valence-corrected chi connectivity index (χ1v) is 6.97. The quantitative estimate of drug-likeness (QED) is 0.863. The minimum atomic E-state index is -0.924. The minimum Gasteiger partial charge on any atom is -0.481 e. The Labute approximate surface area is 123 Å². The van der Waals surface area contributed by atoms with Crippen LogP contribution < -0.4 is 5.32 Å². The Balaban J connectivity index is 2.04. The number of carbonyl (C=O) groups is 2. The summed E-state index contributed by atoms with van der Waals surface area (Å²) in [6.07, 6.45) is 3.76. The van der Waals surface area contributed by atoms with E-state index in [9.17, 15) is 9.59 Å². The van der Waals surface area contributed by atoms with Gasteiger partial charge in [-0.25, -0.2) is 14.8 Å². The van der Waals surface area contributed by atoms with Crippen molar-refractivity contribution in [2.24, 2.45) is 5.92 Å². The third-order valence-corrected chi connectivity index (χ3v) is 3.46. The Bertz CT molecular complexity index is 557.